The van der Waals surface area contributed by atoms with Gasteiger partial charge in [0.15, 0.2) is 0 Å². The number of rotatable bonds is 3. The Hall–Kier alpha value is -1.06. The van der Waals surface area contributed by atoms with Gasteiger partial charge in [0.05, 0.1) is 11.3 Å². The molecule has 0 aliphatic heterocycles. The highest BCUT2D eigenvalue weighted by molar-refractivity contribution is 5.75. The topological polar surface area (TPSA) is 74.6 Å². The highest BCUT2D eigenvalue weighted by atomic mass is 16.4. The second-order valence-corrected chi connectivity index (χ2v) is 5.91. The first-order valence-corrected chi connectivity index (χ1v) is 7.02. The molecule has 4 nitrogen and oxygen atoms in total. The summed E-state index contributed by atoms with van der Waals surface area (Å²) in [5.74, 6) is -1.44. The number of hydrogen-bond acceptors (Lipinski definition) is 2. The van der Waals surface area contributed by atoms with Gasteiger partial charge in [0.25, 0.3) is 0 Å². The highest BCUT2D eigenvalue weighted by Gasteiger charge is 2.47. The van der Waals surface area contributed by atoms with Crippen molar-refractivity contribution in [3.63, 3.8) is 0 Å². The fourth-order valence-electron chi connectivity index (χ4n) is 3.87. The molecule has 2 aliphatic carbocycles. The lowest BCUT2D eigenvalue weighted by molar-refractivity contribution is -0.157. The quantitative estimate of drug-likeness (QED) is 0.812. The molecule has 2 aliphatic rings. The zero-order chi connectivity index (χ0) is 13.2. The number of hydrogen-bond donors (Lipinski definition) is 2. The van der Waals surface area contributed by atoms with E-state index in [0.29, 0.717) is 12.8 Å². The summed E-state index contributed by atoms with van der Waals surface area (Å²) < 4.78 is 0. The predicted octanol–water partition coefficient (Wildman–Crippen LogP) is 2.91. The van der Waals surface area contributed by atoms with Crippen LogP contribution in [0.1, 0.15) is 57.8 Å². The van der Waals surface area contributed by atoms with E-state index in [1.165, 1.54) is 0 Å². The van der Waals surface area contributed by atoms with Crippen LogP contribution in [0.4, 0.5) is 0 Å². The molecule has 0 heterocycles. The second-order valence-electron chi connectivity index (χ2n) is 5.91. The van der Waals surface area contributed by atoms with E-state index in [2.05, 4.69) is 0 Å². The maximum Gasteiger partial charge on any atom is 0.309 e. The molecule has 102 valence electrons. The van der Waals surface area contributed by atoms with Gasteiger partial charge < -0.3 is 10.2 Å². The standard InChI is InChI=1S/C14H22O4/c15-12(16)10-4-6-11(7-5-10)14(13(17)18)8-2-1-3-9-14/h10-11H,1-9H2,(H,15,16)(H,17,18). The van der Waals surface area contributed by atoms with Crippen molar-refractivity contribution in [2.24, 2.45) is 17.3 Å². The van der Waals surface area contributed by atoms with Crippen molar-refractivity contribution in [2.75, 3.05) is 0 Å². The number of carboxylic acids is 2. The normalized spacial score (nSPS) is 31.8. The molecule has 2 N–H and O–H groups in total. The van der Waals surface area contributed by atoms with Crippen molar-refractivity contribution >= 4 is 11.9 Å². The van der Waals surface area contributed by atoms with Crippen molar-refractivity contribution in [3.05, 3.63) is 0 Å². The van der Waals surface area contributed by atoms with Gasteiger partial charge in [-0.3, -0.25) is 9.59 Å². The summed E-state index contributed by atoms with van der Waals surface area (Å²) in [6.07, 6.45) is 7.54. The van der Waals surface area contributed by atoms with Gasteiger partial charge in [-0.15, -0.1) is 0 Å². The van der Waals surface area contributed by atoms with Gasteiger partial charge in [-0.2, -0.15) is 0 Å². The summed E-state index contributed by atoms with van der Waals surface area (Å²) in [6.45, 7) is 0. The van der Waals surface area contributed by atoms with E-state index in [4.69, 9.17) is 5.11 Å². The molecule has 0 aromatic carbocycles. The molecule has 0 atom stereocenters. The van der Waals surface area contributed by atoms with E-state index in [0.717, 1.165) is 44.9 Å². The summed E-state index contributed by atoms with van der Waals surface area (Å²) in [5, 5.41) is 18.6. The largest absolute Gasteiger partial charge is 0.481 e. The SMILES string of the molecule is O=C(O)C1CCC(C2(C(=O)O)CCCCC2)CC1. The smallest absolute Gasteiger partial charge is 0.309 e. The Bertz CT molecular complexity index is 323. The molecule has 2 saturated carbocycles. The zero-order valence-electron chi connectivity index (χ0n) is 10.7. The van der Waals surface area contributed by atoms with Crippen molar-refractivity contribution in [1.29, 1.82) is 0 Å². The second kappa shape index (κ2) is 5.29. The van der Waals surface area contributed by atoms with E-state index in [1.54, 1.807) is 0 Å². The van der Waals surface area contributed by atoms with E-state index in [1.807, 2.05) is 0 Å². The van der Waals surface area contributed by atoms with Crippen molar-refractivity contribution in [1.82, 2.24) is 0 Å². The lowest BCUT2D eigenvalue weighted by Crippen LogP contribution is -2.42. The lowest BCUT2D eigenvalue weighted by Gasteiger charge is -2.42. The van der Waals surface area contributed by atoms with Crippen LogP contribution in [0.15, 0.2) is 0 Å². The van der Waals surface area contributed by atoms with Crippen molar-refractivity contribution in [2.45, 2.75) is 57.8 Å². The molecule has 18 heavy (non-hydrogen) atoms. The molecule has 0 spiro atoms. The Kier molecular flexibility index (Phi) is 3.93. The molecule has 4 heteroatoms. The monoisotopic (exact) mass is 254 g/mol. The summed E-state index contributed by atoms with van der Waals surface area (Å²) in [5.41, 5.74) is -0.554. The molecule has 0 aromatic heterocycles. The fourth-order valence-corrected chi connectivity index (χ4v) is 3.87. The minimum atomic E-state index is -0.721. The predicted molar refractivity (Wildman–Crippen MR) is 66.2 cm³/mol. The minimum Gasteiger partial charge on any atom is -0.481 e. The first-order valence-electron chi connectivity index (χ1n) is 7.02. The van der Waals surface area contributed by atoms with Crippen molar-refractivity contribution in [3.8, 4) is 0 Å². The number of carbonyl (C=O) groups is 2. The first kappa shape index (κ1) is 13.4. The van der Waals surface area contributed by atoms with Gasteiger partial charge in [-0.25, -0.2) is 0 Å². The van der Waals surface area contributed by atoms with Crippen LogP contribution in [-0.4, -0.2) is 22.2 Å². The Morgan fingerprint density at radius 2 is 1.44 bits per heavy atom. The van der Waals surface area contributed by atoms with Crippen LogP contribution in [0.25, 0.3) is 0 Å². The van der Waals surface area contributed by atoms with Crippen LogP contribution in [0.2, 0.25) is 0 Å². The minimum absolute atomic E-state index is 0.186. The molecule has 0 aromatic rings. The van der Waals surface area contributed by atoms with Gasteiger partial charge >= 0.3 is 11.9 Å². The van der Waals surface area contributed by atoms with Gasteiger partial charge in [-0.1, -0.05) is 19.3 Å². The lowest BCUT2D eigenvalue weighted by atomic mass is 9.60. The third-order valence-electron chi connectivity index (χ3n) is 5.03. The van der Waals surface area contributed by atoms with Gasteiger partial charge in [0.1, 0.15) is 0 Å². The van der Waals surface area contributed by atoms with Crippen LogP contribution >= 0.6 is 0 Å². The van der Waals surface area contributed by atoms with E-state index in [9.17, 15) is 14.7 Å². The zero-order valence-corrected chi connectivity index (χ0v) is 10.7. The molecule has 0 radical (unpaired) electrons. The van der Waals surface area contributed by atoms with Gasteiger partial charge in [-0.05, 0) is 44.4 Å². The third kappa shape index (κ3) is 2.38. The van der Waals surface area contributed by atoms with Gasteiger partial charge in [0, 0.05) is 0 Å². The molecular formula is C14H22O4. The van der Waals surface area contributed by atoms with Crippen LogP contribution in [-0.2, 0) is 9.59 Å². The Labute approximate surface area is 107 Å². The average Bonchev–Trinajstić information content (AvgIpc) is 2.39. The molecule has 2 rings (SSSR count). The highest BCUT2D eigenvalue weighted by Crippen LogP contribution is 2.49. The van der Waals surface area contributed by atoms with E-state index in [-0.39, 0.29) is 11.8 Å². The average molecular weight is 254 g/mol. The van der Waals surface area contributed by atoms with Crippen molar-refractivity contribution < 1.29 is 19.8 Å². The van der Waals surface area contributed by atoms with Crippen LogP contribution < -0.4 is 0 Å². The van der Waals surface area contributed by atoms with Crippen LogP contribution in [0.5, 0.6) is 0 Å². The maximum atomic E-state index is 11.7. The van der Waals surface area contributed by atoms with E-state index >= 15 is 0 Å². The summed E-state index contributed by atoms with van der Waals surface area (Å²) >= 11 is 0. The Balaban J connectivity index is 2.05. The van der Waals surface area contributed by atoms with E-state index < -0.39 is 17.4 Å². The molecule has 0 unspecified atom stereocenters. The van der Waals surface area contributed by atoms with Crippen LogP contribution in [0.3, 0.4) is 0 Å². The maximum absolute atomic E-state index is 11.7. The molecule has 2 fully saturated rings. The summed E-state index contributed by atoms with van der Waals surface area (Å²) in [7, 11) is 0. The molecule has 0 saturated heterocycles. The fraction of sp³-hybridized carbons (Fsp3) is 0.857. The van der Waals surface area contributed by atoms with Crippen LogP contribution in [0, 0.1) is 17.3 Å². The molecular weight excluding hydrogens is 232 g/mol. The number of aliphatic carboxylic acids is 2. The summed E-state index contributed by atoms with van der Waals surface area (Å²) in [6, 6.07) is 0. The first-order chi connectivity index (χ1) is 8.56. The van der Waals surface area contributed by atoms with Gasteiger partial charge in [0.2, 0.25) is 0 Å². The number of carboxylic acid groups (broad SMARTS) is 2. The molecule has 0 amide bonds. The molecule has 0 bridgehead atoms. The Morgan fingerprint density at radius 1 is 0.889 bits per heavy atom. The Morgan fingerprint density at radius 3 is 1.89 bits per heavy atom. The third-order valence-corrected chi connectivity index (χ3v) is 5.03. The summed E-state index contributed by atoms with van der Waals surface area (Å²) in [4.78, 5) is 22.6.